The summed E-state index contributed by atoms with van der Waals surface area (Å²) in [5.74, 6) is -1.48. The van der Waals surface area contributed by atoms with Crippen molar-refractivity contribution in [2.75, 3.05) is 18.5 Å². The lowest BCUT2D eigenvalue weighted by Gasteiger charge is -2.13. The molecule has 1 aliphatic heterocycles. The summed E-state index contributed by atoms with van der Waals surface area (Å²) in [6, 6.07) is 1.54. The van der Waals surface area contributed by atoms with E-state index in [1.54, 1.807) is 0 Å². The fourth-order valence-electron chi connectivity index (χ4n) is 2.24. The second-order valence-electron chi connectivity index (χ2n) is 4.72. The average Bonchev–Trinajstić information content (AvgIpc) is 2.96. The van der Waals surface area contributed by atoms with Crippen molar-refractivity contribution in [2.24, 2.45) is 0 Å². The van der Waals surface area contributed by atoms with Gasteiger partial charge in [0.15, 0.2) is 0 Å². The van der Waals surface area contributed by atoms with Crippen LogP contribution in [0.2, 0.25) is 0 Å². The number of rotatable bonds is 6. The van der Waals surface area contributed by atoms with E-state index in [0.29, 0.717) is 6.61 Å². The van der Waals surface area contributed by atoms with E-state index in [1.807, 2.05) is 0 Å². The van der Waals surface area contributed by atoms with E-state index in [1.165, 1.54) is 0 Å². The lowest BCUT2D eigenvalue weighted by atomic mass is 10.1. The van der Waals surface area contributed by atoms with Gasteiger partial charge in [0.2, 0.25) is 0 Å². The number of aromatic carboxylic acids is 1. The summed E-state index contributed by atoms with van der Waals surface area (Å²) in [6.45, 7) is 0.777. The first-order valence-electron chi connectivity index (χ1n) is 6.45. The van der Waals surface area contributed by atoms with Gasteiger partial charge >= 0.3 is 5.97 Å². The van der Waals surface area contributed by atoms with Crippen LogP contribution >= 0.6 is 0 Å². The molecule has 1 heterocycles. The van der Waals surface area contributed by atoms with Crippen LogP contribution < -0.4 is 5.32 Å². The largest absolute Gasteiger partial charge is 0.478 e. The second kappa shape index (κ2) is 6.35. The van der Waals surface area contributed by atoms with E-state index in [9.17, 15) is 25.0 Å². The van der Waals surface area contributed by atoms with Gasteiger partial charge < -0.3 is 15.2 Å². The number of carbonyl (C=O) groups is 1. The highest BCUT2D eigenvalue weighted by molar-refractivity contribution is 5.98. The number of benzene rings is 1. The van der Waals surface area contributed by atoms with Crippen LogP contribution in [0.4, 0.5) is 17.1 Å². The zero-order chi connectivity index (χ0) is 16.3. The summed E-state index contributed by atoms with van der Waals surface area (Å²) in [5, 5.41) is 33.7. The van der Waals surface area contributed by atoms with Gasteiger partial charge in [-0.25, -0.2) is 4.79 Å². The van der Waals surface area contributed by atoms with E-state index >= 15 is 0 Å². The maximum atomic E-state index is 11.3. The Morgan fingerprint density at radius 1 is 1.36 bits per heavy atom. The highest BCUT2D eigenvalue weighted by atomic mass is 16.6. The number of nitro benzene ring substituents is 2. The lowest BCUT2D eigenvalue weighted by Crippen LogP contribution is -2.20. The topological polar surface area (TPSA) is 145 Å². The van der Waals surface area contributed by atoms with Crippen molar-refractivity contribution in [3.8, 4) is 0 Å². The molecule has 0 amide bonds. The number of non-ortho nitro benzene ring substituents is 1. The van der Waals surface area contributed by atoms with Gasteiger partial charge in [0.05, 0.1) is 27.6 Å². The van der Waals surface area contributed by atoms with Crippen LogP contribution in [-0.2, 0) is 4.74 Å². The molecule has 2 rings (SSSR count). The van der Waals surface area contributed by atoms with Crippen molar-refractivity contribution >= 4 is 23.0 Å². The van der Waals surface area contributed by atoms with Crippen LogP contribution in [0, 0.1) is 20.2 Å². The molecule has 0 radical (unpaired) electrons. The van der Waals surface area contributed by atoms with Crippen LogP contribution in [-0.4, -0.2) is 40.2 Å². The number of hydrogen-bond acceptors (Lipinski definition) is 7. The molecule has 10 nitrogen and oxygen atoms in total. The Kier molecular flexibility index (Phi) is 4.51. The Balaban J connectivity index is 2.41. The molecular formula is C12H13N3O7. The van der Waals surface area contributed by atoms with Gasteiger partial charge in [0.25, 0.3) is 11.4 Å². The molecule has 10 heteroatoms. The third-order valence-corrected chi connectivity index (χ3v) is 3.27. The van der Waals surface area contributed by atoms with Crippen molar-refractivity contribution in [1.82, 2.24) is 0 Å². The van der Waals surface area contributed by atoms with Gasteiger partial charge in [-0.2, -0.15) is 0 Å². The van der Waals surface area contributed by atoms with Crippen molar-refractivity contribution in [2.45, 2.75) is 18.9 Å². The van der Waals surface area contributed by atoms with Crippen molar-refractivity contribution in [1.29, 1.82) is 0 Å². The molecule has 1 fully saturated rings. The van der Waals surface area contributed by atoms with Crippen LogP contribution in [0.15, 0.2) is 12.1 Å². The van der Waals surface area contributed by atoms with Gasteiger partial charge in [0.1, 0.15) is 5.69 Å². The Morgan fingerprint density at radius 2 is 2.09 bits per heavy atom. The predicted molar refractivity (Wildman–Crippen MR) is 74.2 cm³/mol. The van der Waals surface area contributed by atoms with Crippen LogP contribution in [0.25, 0.3) is 0 Å². The fraction of sp³-hybridized carbons (Fsp3) is 0.417. The van der Waals surface area contributed by atoms with Gasteiger partial charge in [-0.05, 0) is 12.8 Å². The molecule has 1 aliphatic rings. The quantitative estimate of drug-likeness (QED) is 0.597. The zero-order valence-corrected chi connectivity index (χ0v) is 11.4. The normalized spacial score (nSPS) is 17.2. The molecule has 2 N–H and O–H groups in total. The molecule has 1 saturated heterocycles. The first kappa shape index (κ1) is 15.6. The third kappa shape index (κ3) is 3.28. The van der Waals surface area contributed by atoms with Crippen molar-refractivity contribution in [3.05, 3.63) is 37.9 Å². The molecule has 0 saturated carbocycles. The lowest BCUT2D eigenvalue weighted by molar-refractivity contribution is -0.393. The standard InChI is InChI=1S/C12H13N3O7/c16-12(17)9-4-7(14(18)19)5-10(15(20)21)11(9)13-6-8-2-1-3-22-8/h4-5,8,13H,1-3,6H2,(H,16,17). The SMILES string of the molecule is O=C(O)c1cc([N+](=O)[O-])cc([N+](=O)[O-])c1NCC1CCCO1. The van der Waals surface area contributed by atoms with E-state index in [2.05, 4.69) is 5.32 Å². The van der Waals surface area contributed by atoms with Gasteiger partial charge in [-0.1, -0.05) is 0 Å². The van der Waals surface area contributed by atoms with Gasteiger partial charge in [0, 0.05) is 19.2 Å². The minimum Gasteiger partial charge on any atom is -0.478 e. The number of carboxylic acids is 1. The summed E-state index contributed by atoms with van der Waals surface area (Å²) in [5.41, 5.74) is -2.06. The predicted octanol–water partition coefficient (Wildman–Crippen LogP) is 1.79. The Bertz CT molecular complexity index is 590. The molecule has 0 spiro atoms. The summed E-state index contributed by atoms with van der Waals surface area (Å²) in [6.07, 6.45) is 1.45. The average molecular weight is 311 g/mol. The first-order chi connectivity index (χ1) is 10.4. The van der Waals surface area contributed by atoms with E-state index < -0.39 is 32.8 Å². The van der Waals surface area contributed by atoms with E-state index in [0.717, 1.165) is 25.0 Å². The highest BCUT2D eigenvalue weighted by Gasteiger charge is 2.28. The molecule has 22 heavy (non-hydrogen) atoms. The number of nitrogens with zero attached hydrogens (tertiary/aromatic N) is 2. The minimum absolute atomic E-state index is 0.170. The van der Waals surface area contributed by atoms with Crippen LogP contribution in [0.1, 0.15) is 23.2 Å². The van der Waals surface area contributed by atoms with Crippen LogP contribution in [0.5, 0.6) is 0 Å². The Morgan fingerprint density at radius 3 is 2.59 bits per heavy atom. The van der Waals surface area contributed by atoms with Gasteiger partial charge in [-0.15, -0.1) is 0 Å². The van der Waals surface area contributed by atoms with Crippen molar-refractivity contribution < 1.29 is 24.5 Å². The third-order valence-electron chi connectivity index (χ3n) is 3.27. The number of anilines is 1. The molecule has 0 aromatic heterocycles. The Hall–Kier alpha value is -2.75. The molecule has 1 unspecified atom stereocenters. The summed E-state index contributed by atoms with van der Waals surface area (Å²) in [7, 11) is 0. The minimum atomic E-state index is -1.48. The number of nitrogens with one attached hydrogen (secondary N) is 1. The van der Waals surface area contributed by atoms with Gasteiger partial charge in [-0.3, -0.25) is 20.2 Å². The molecule has 0 aliphatic carbocycles. The smallest absolute Gasteiger partial charge is 0.338 e. The van der Waals surface area contributed by atoms with E-state index in [4.69, 9.17) is 9.84 Å². The highest BCUT2D eigenvalue weighted by Crippen LogP contribution is 2.33. The number of hydrogen-bond donors (Lipinski definition) is 2. The van der Waals surface area contributed by atoms with Crippen LogP contribution in [0.3, 0.4) is 0 Å². The summed E-state index contributed by atoms with van der Waals surface area (Å²) >= 11 is 0. The zero-order valence-electron chi connectivity index (χ0n) is 11.4. The van der Waals surface area contributed by atoms with E-state index in [-0.39, 0.29) is 18.3 Å². The van der Waals surface area contributed by atoms with Crippen molar-refractivity contribution in [3.63, 3.8) is 0 Å². The molecule has 118 valence electrons. The number of ether oxygens (including phenoxy) is 1. The first-order valence-corrected chi connectivity index (χ1v) is 6.45. The fourth-order valence-corrected chi connectivity index (χ4v) is 2.24. The molecule has 1 atom stereocenters. The molecule has 1 aromatic carbocycles. The molecule has 1 aromatic rings. The summed E-state index contributed by atoms with van der Waals surface area (Å²) < 4.78 is 5.35. The number of carboxylic acid groups (broad SMARTS) is 1. The number of nitro groups is 2. The molecule has 0 bridgehead atoms. The monoisotopic (exact) mass is 311 g/mol. The Labute approximate surface area is 124 Å². The summed E-state index contributed by atoms with van der Waals surface area (Å²) in [4.78, 5) is 31.4. The maximum absolute atomic E-state index is 11.3. The second-order valence-corrected chi connectivity index (χ2v) is 4.72. The maximum Gasteiger partial charge on any atom is 0.338 e. The molecular weight excluding hydrogens is 298 g/mol.